The van der Waals surface area contributed by atoms with Crippen LogP contribution in [0, 0.1) is 11.8 Å². The van der Waals surface area contributed by atoms with Crippen LogP contribution >= 0.6 is 0 Å². The van der Waals surface area contributed by atoms with Crippen LogP contribution in [0.5, 0.6) is 0 Å². The Bertz CT molecular complexity index is 607. The van der Waals surface area contributed by atoms with E-state index in [9.17, 15) is 18.7 Å². The van der Waals surface area contributed by atoms with Crippen molar-refractivity contribution in [2.75, 3.05) is 6.61 Å². The highest BCUT2D eigenvalue weighted by molar-refractivity contribution is 5.69. The highest BCUT2D eigenvalue weighted by Crippen LogP contribution is 2.41. The molecule has 31 heavy (non-hydrogen) atoms. The number of hydrogen-bond acceptors (Lipinski definition) is 5. The molecule has 1 heterocycles. The van der Waals surface area contributed by atoms with Crippen LogP contribution in [0.25, 0.3) is 0 Å². The first-order valence-electron chi connectivity index (χ1n) is 11.6. The van der Waals surface area contributed by atoms with Crippen molar-refractivity contribution in [3.63, 3.8) is 0 Å². The Morgan fingerprint density at radius 2 is 2.13 bits per heavy atom. The van der Waals surface area contributed by atoms with Gasteiger partial charge in [-0.3, -0.25) is 4.79 Å². The summed E-state index contributed by atoms with van der Waals surface area (Å²) < 4.78 is 45.8. The smallest absolute Gasteiger partial charge is 0.306 e. The Morgan fingerprint density at radius 1 is 1.35 bits per heavy atom. The largest absolute Gasteiger partial charge is 0.462 e. The third-order valence-electron chi connectivity index (χ3n) is 6.06. The molecule has 2 rings (SSSR count). The van der Waals surface area contributed by atoms with E-state index in [0.717, 1.165) is 12.8 Å². The molecule has 0 saturated heterocycles. The van der Waals surface area contributed by atoms with Gasteiger partial charge in [0.15, 0.2) is 6.29 Å². The number of fused-ring (bicyclic) bond motifs is 1. The summed E-state index contributed by atoms with van der Waals surface area (Å²) in [5.74, 6) is -3.80. The van der Waals surface area contributed by atoms with E-state index in [-0.39, 0.29) is 36.4 Å². The number of carbonyl (C=O) groups is 1. The third-order valence-corrected chi connectivity index (χ3v) is 6.06. The second-order valence-electron chi connectivity index (χ2n) is 8.50. The van der Waals surface area contributed by atoms with Crippen LogP contribution in [-0.2, 0) is 19.0 Å². The van der Waals surface area contributed by atoms with Crippen LogP contribution in [0.15, 0.2) is 24.3 Å². The summed E-state index contributed by atoms with van der Waals surface area (Å²) in [6.07, 6.45) is 7.57. The van der Waals surface area contributed by atoms with E-state index in [1.54, 1.807) is 13.0 Å². The molecule has 2 aliphatic rings. The summed E-state index contributed by atoms with van der Waals surface area (Å²) in [5.41, 5.74) is 0. The van der Waals surface area contributed by atoms with Crippen LogP contribution in [0.2, 0.25) is 0 Å². The summed E-state index contributed by atoms with van der Waals surface area (Å²) in [5, 5.41) is 10.1. The van der Waals surface area contributed by atoms with Crippen molar-refractivity contribution in [1.82, 2.24) is 0 Å². The van der Waals surface area contributed by atoms with Gasteiger partial charge >= 0.3 is 5.97 Å². The first-order chi connectivity index (χ1) is 14.8. The first-order valence-corrected chi connectivity index (χ1v) is 11.6. The maximum absolute atomic E-state index is 14.3. The maximum Gasteiger partial charge on any atom is 0.306 e. The SMILES string of the molecule is CCCCC(F)(F)[C@H](O)/C=C/C1C2C/C=C\CCCC(=O)OC2C[C@H]1OC(C)OCC. The van der Waals surface area contributed by atoms with Gasteiger partial charge in [0.1, 0.15) is 12.2 Å². The average Bonchev–Trinajstić information content (AvgIpc) is 3.03. The molecule has 178 valence electrons. The van der Waals surface area contributed by atoms with Crippen molar-refractivity contribution in [2.45, 2.75) is 103 Å². The highest BCUT2D eigenvalue weighted by atomic mass is 19.3. The monoisotopic (exact) mass is 444 g/mol. The minimum atomic E-state index is -3.18. The van der Waals surface area contributed by atoms with Crippen molar-refractivity contribution in [3.05, 3.63) is 24.3 Å². The number of carbonyl (C=O) groups excluding carboxylic acids is 1. The van der Waals surface area contributed by atoms with Crippen molar-refractivity contribution in [3.8, 4) is 0 Å². The summed E-state index contributed by atoms with van der Waals surface area (Å²) >= 11 is 0. The summed E-state index contributed by atoms with van der Waals surface area (Å²) in [6, 6.07) is 0. The lowest BCUT2D eigenvalue weighted by molar-refractivity contribution is -0.164. The van der Waals surface area contributed by atoms with E-state index in [1.165, 1.54) is 6.08 Å². The third kappa shape index (κ3) is 7.95. The molecule has 0 aromatic heterocycles. The predicted molar refractivity (Wildman–Crippen MR) is 115 cm³/mol. The minimum absolute atomic E-state index is 0.107. The quantitative estimate of drug-likeness (QED) is 0.286. The normalized spacial score (nSPS) is 30.6. The molecule has 7 heteroatoms. The number of allylic oxidation sites excluding steroid dienone is 2. The summed E-state index contributed by atoms with van der Waals surface area (Å²) in [4.78, 5) is 12.2. The van der Waals surface area contributed by atoms with Crippen LogP contribution in [-0.4, -0.2) is 48.2 Å². The number of rotatable bonds is 10. The zero-order valence-electron chi connectivity index (χ0n) is 19.0. The van der Waals surface area contributed by atoms with Crippen molar-refractivity contribution in [2.24, 2.45) is 11.8 Å². The minimum Gasteiger partial charge on any atom is -0.462 e. The maximum atomic E-state index is 14.3. The molecular weight excluding hydrogens is 406 g/mol. The number of aliphatic hydroxyl groups is 1. The van der Waals surface area contributed by atoms with Gasteiger partial charge in [-0.05, 0) is 39.5 Å². The topological polar surface area (TPSA) is 65.0 Å². The molecule has 1 saturated carbocycles. The van der Waals surface area contributed by atoms with E-state index in [1.807, 2.05) is 13.8 Å². The van der Waals surface area contributed by atoms with Crippen LogP contribution in [0.3, 0.4) is 0 Å². The molecule has 1 fully saturated rings. The molecule has 6 atom stereocenters. The van der Waals surface area contributed by atoms with E-state index < -0.39 is 18.3 Å². The number of hydrogen-bond donors (Lipinski definition) is 1. The zero-order chi connectivity index (χ0) is 22.9. The molecule has 0 aromatic carbocycles. The van der Waals surface area contributed by atoms with E-state index in [2.05, 4.69) is 12.2 Å². The molecule has 0 amide bonds. The molecule has 1 aliphatic heterocycles. The summed E-state index contributed by atoms with van der Waals surface area (Å²) in [7, 11) is 0. The molecule has 4 unspecified atom stereocenters. The molecule has 0 radical (unpaired) electrons. The Hall–Kier alpha value is -1.31. The molecular formula is C24H38F2O5. The van der Waals surface area contributed by atoms with Crippen molar-refractivity contribution < 1.29 is 32.9 Å². The van der Waals surface area contributed by atoms with E-state index >= 15 is 0 Å². The zero-order valence-corrected chi connectivity index (χ0v) is 19.0. The number of esters is 1. The highest BCUT2D eigenvalue weighted by Gasteiger charge is 2.45. The van der Waals surface area contributed by atoms with Gasteiger partial charge in [-0.2, -0.15) is 0 Å². The van der Waals surface area contributed by atoms with Gasteiger partial charge in [-0.1, -0.05) is 37.6 Å². The molecule has 0 aromatic rings. The van der Waals surface area contributed by atoms with Gasteiger partial charge in [-0.25, -0.2) is 8.78 Å². The van der Waals surface area contributed by atoms with Crippen molar-refractivity contribution in [1.29, 1.82) is 0 Å². The van der Waals surface area contributed by atoms with Crippen LogP contribution < -0.4 is 0 Å². The number of aliphatic hydroxyl groups excluding tert-OH is 1. The van der Waals surface area contributed by atoms with Gasteiger partial charge in [0, 0.05) is 37.7 Å². The van der Waals surface area contributed by atoms with E-state index in [0.29, 0.717) is 38.7 Å². The standard InChI is InChI=1S/C24H38F2O5/c1-4-6-15-24(25,26)22(27)14-13-19-18-11-9-7-8-10-12-23(28)31-21(18)16-20(19)30-17(3)29-5-2/h7,9,13-14,17-22,27H,4-6,8,10-12,15-16H2,1-3H3/b9-7-,14-13+/t17?,18?,19?,20-,21?,22-/m1/s1. The molecule has 1 aliphatic carbocycles. The number of halogens is 2. The molecule has 0 bridgehead atoms. The molecule has 5 nitrogen and oxygen atoms in total. The Labute approximate surface area is 184 Å². The second kappa shape index (κ2) is 12.7. The number of unbranched alkanes of at least 4 members (excludes halogenated alkanes) is 1. The lowest BCUT2D eigenvalue weighted by Gasteiger charge is -2.26. The fourth-order valence-corrected chi connectivity index (χ4v) is 4.36. The Morgan fingerprint density at radius 3 is 2.84 bits per heavy atom. The summed E-state index contributed by atoms with van der Waals surface area (Å²) in [6.45, 7) is 5.99. The van der Waals surface area contributed by atoms with Gasteiger partial charge in [0.05, 0.1) is 6.10 Å². The van der Waals surface area contributed by atoms with Gasteiger partial charge in [0.25, 0.3) is 5.92 Å². The average molecular weight is 445 g/mol. The fourth-order valence-electron chi connectivity index (χ4n) is 4.36. The number of alkyl halides is 2. The van der Waals surface area contributed by atoms with E-state index in [4.69, 9.17) is 14.2 Å². The lowest BCUT2D eigenvalue weighted by Crippen LogP contribution is -2.32. The predicted octanol–water partition coefficient (Wildman–Crippen LogP) is 5.17. The lowest BCUT2D eigenvalue weighted by atomic mass is 9.89. The number of ether oxygens (including phenoxy) is 3. The van der Waals surface area contributed by atoms with Crippen LogP contribution in [0.4, 0.5) is 8.78 Å². The van der Waals surface area contributed by atoms with Crippen LogP contribution in [0.1, 0.15) is 72.1 Å². The first kappa shape index (κ1) is 25.9. The molecule has 0 spiro atoms. The van der Waals surface area contributed by atoms with Crippen molar-refractivity contribution >= 4 is 5.97 Å². The fraction of sp³-hybridized carbons (Fsp3) is 0.792. The van der Waals surface area contributed by atoms with Gasteiger partial charge in [-0.15, -0.1) is 0 Å². The molecule has 1 N–H and O–H groups in total. The second-order valence-corrected chi connectivity index (χ2v) is 8.50. The Balaban J connectivity index is 2.22. The van der Waals surface area contributed by atoms with Gasteiger partial charge in [0.2, 0.25) is 0 Å². The Kier molecular flexibility index (Phi) is 10.6. The van der Waals surface area contributed by atoms with Gasteiger partial charge < -0.3 is 19.3 Å².